The second-order valence-electron chi connectivity index (χ2n) is 7.63. The number of carbonyl (C=O) groups is 2. The number of aromatic nitrogens is 4. The van der Waals surface area contributed by atoms with E-state index in [-0.39, 0.29) is 12.3 Å². The Bertz CT molecular complexity index is 1190. The average Bonchev–Trinajstić information content (AvgIpc) is 3.39. The number of aryl methyl sites for hydroxylation is 2. The van der Waals surface area contributed by atoms with Crippen molar-refractivity contribution in [3.63, 3.8) is 0 Å². The van der Waals surface area contributed by atoms with E-state index in [2.05, 4.69) is 30.9 Å². The number of ether oxygens (including phenoxy) is 1. The number of morpholine rings is 1. The summed E-state index contributed by atoms with van der Waals surface area (Å²) < 4.78 is 7.56. The Balaban J connectivity index is 1.33. The van der Waals surface area contributed by atoms with Crippen molar-refractivity contribution in [3.8, 4) is 11.4 Å². The van der Waals surface area contributed by atoms with E-state index >= 15 is 0 Å². The molecule has 2 aromatic heterocycles. The van der Waals surface area contributed by atoms with Crippen molar-refractivity contribution in [2.75, 3.05) is 31.2 Å². The zero-order valence-corrected chi connectivity index (χ0v) is 20.0. The van der Waals surface area contributed by atoms with E-state index in [9.17, 15) is 9.59 Å². The maximum absolute atomic E-state index is 12.6. The van der Waals surface area contributed by atoms with Gasteiger partial charge in [0.2, 0.25) is 5.91 Å². The van der Waals surface area contributed by atoms with Crippen molar-refractivity contribution in [2.24, 2.45) is 0 Å². The SMILES string of the molecule is Cc1ccc(-c2n[nH]c(=S)n2CCC(=O)NNC(=O)c2sc(N3CCOCC3)nc2C)cc1. The molecule has 1 saturated heterocycles. The number of hydrogen-bond acceptors (Lipinski definition) is 8. The second kappa shape index (κ2) is 10.2. The molecule has 1 fully saturated rings. The minimum Gasteiger partial charge on any atom is -0.378 e. The molecule has 0 saturated carbocycles. The van der Waals surface area contributed by atoms with Gasteiger partial charge in [-0.15, -0.1) is 0 Å². The van der Waals surface area contributed by atoms with Crippen LogP contribution in [-0.2, 0) is 16.1 Å². The third kappa shape index (κ3) is 5.46. The van der Waals surface area contributed by atoms with Crippen LogP contribution in [0, 0.1) is 18.6 Å². The fourth-order valence-electron chi connectivity index (χ4n) is 3.39. The molecular weight excluding hydrogens is 462 g/mol. The first-order chi connectivity index (χ1) is 15.9. The summed E-state index contributed by atoms with van der Waals surface area (Å²) in [5.41, 5.74) is 7.63. The number of amides is 2. The summed E-state index contributed by atoms with van der Waals surface area (Å²) in [7, 11) is 0. The largest absolute Gasteiger partial charge is 0.378 e. The Labute approximate surface area is 200 Å². The molecule has 1 aromatic carbocycles. The highest BCUT2D eigenvalue weighted by Gasteiger charge is 2.21. The predicted octanol–water partition coefficient (Wildman–Crippen LogP) is 2.37. The zero-order valence-electron chi connectivity index (χ0n) is 18.4. The first kappa shape index (κ1) is 23.1. The van der Waals surface area contributed by atoms with E-state index in [1.54, 1.807) is 11.5 Å². The van der Waals surface area contributed by atoms with Crippen molar-refractivity contribution >= 4 is 40.5 Å². The molecule has 0 spiro atoms. The third-order valence-electron chi connectivity index (χ3n) is 5.22. The number of nitrogens with one attached hydrogen (secondary N) is 3. The third-order valence-corrected chi connectivity index (χ3v) is 6.75. The highest BCUT2D eigenvalue weighted by molar-refractivity contribution is 7.71. The highest BCUT2D eigenvalue weighted by atomic mass is 32.1. The summed E-state index contributed by atoms with van der Waals surface area (Å²) in [5, 5.41) is 7.85. The van der Waals surface area contributed by atoms with Gasteiger partial charge in [0, 0.05) is 31.6 Å². The number of hydrazine groups is 1. The van der Waals surface area contributed by atoms with E-state index in [1.165, 1.54) is 11.3 Å². The Morgan fingerprint density at radius 2 is 1.91 bits per heavy atom. The van der Waals surface area contributed by atoms with Crippen LogP contribution in [0.5, 0.6) is 0 Å². The van der Waals surface area contributed by atoms with E-state index in [1.807, 2.05) is 31.2 Å². The summed E-state index contributed by atoms with van der Waals surface area (Å²) >= 11 is 6.62. The Kier molecular flexibility index (Phi) is 7.16. The fraction of sp³-hybridized carbons (Fsp3) is 0.381. The van der Waals surface area contributed by atoms with Crippen LogP contribution in [0.15, 0.2) is 24.3 Å². The molecule has 33 heavy (non-hydrogen) atoms. The van der Waals surface area contributed by atoms with Crippen LogP contribution in [0.3, 0.4) is 0 Å². The number of benzene rings is 1. The molecule has 2 amide bonds. The van der Waals surface area contributed by atoms with Crippen LogP contribution >= 0.6 is 23.6 Å². The van der Waals surface area contributed by atoms with Gasteiger partial charge in [0.05, 0.1) is 18.9 Å². The van der Waals surface area contributed by atoms with Gasteiger partial charge in [-0.3, -0.25) is 30.1 Å². The Morgan fingerprint density at radius 3 is 2.64 bits per heavy atom. The van der Waals surface area contributed by atoms with Gasteiger partial charge in [-0.05, 0) is 26.1 Å². The molecule has 3 aromatic rings. The molecule has 3 heterocycles. The van der Waals surface area contributed by atoms with Gasteiger partial charge in [0.25, 0.3) is 5.91 Å². The van der Waals surface area contributed by atoms with Crippen molar-refractivity contribution in [1.82, 2.24) is 30.6 Å². The Morgan fingerprint density at radius 1 is 1.18 bits per heavy atom. The predicted molar refractivity (Wildman–Crippen MR) is 128 cm³/mol. The average molecular weight is 488 g/mol. The molecule has 1 aliphatic heterocycles. The van der Waals surface area contributed by atoms with E-state index in [0.717, 1.165) is 29.3 Å². The van der Waals surface area contributed by atoms with Crippen molar-refractivity contribution < 1.29 is 14.3 Å². The standard InChI is InChI=1S/C21H25N7O3S2/c1-13-3-5-15(6-4-13)18-24-26-20(32)28(18)8-7-16(29)23-25-19(30)17-14(2)22-21(33-17)27-9-11-31-12-10-27/h3-6H,7-12H2,1-2H3,(H,23,29)(H,25,30)(H,26,32). The molecule has 4 rings (SSSR count). The number of hydrogen-bond donors (Lipinski definition) is 3. The highest BCUT2D eigenvalue weighted by Crippen LogP contribution is 2.26. The van der Waals surface area contributed by atoms with Gasteiger partial charge in [-0.1, -0.05) is 41.2 Å². The molecular formula is C21H25N7O3S2. The quantitative estimate of drug-likeness (QED) is 0.361. The lowest BCUT2D eigenvalue weighted by Crippen LogP contribution is -2.41. The normalized spacial score (nSPS) is 13.7. The van der Waals surface area contributed by atoms with Crippen molar-refractivity contribution in [3.05, 3.63) is 45.2 Å². The molecule has 3 N–H and O–H groups in total. The molecule has 0 bridgehead atoms. The molecule has 0 radical (unpaired) electrons. The smallest absolute Gasteiger partial charge is 0.281 e. The monoisotopic (exact) mass is 487 g/mol. The van der Waals surface area contributed by atoms with Crippen LogP contribution < -0.4 is 15.8 Å². The zero-order chi connectivity index (χ0) is 23.4. The number of rotatable bonds is 6. The molecule has 0 atom stereocenters. The molecule has 10 nitrogen and oxygen atoms in total. The number of carbonyl (C=O) groups excluding carboxylic acids is 2. The number of aromatic amines is 1. The first-order valence-corrected chi connectivity index (χ1v) is 11.8. The maximum atomic E-state index is 12.6. The summed E-state index contributed by atoms with van der Waals surface area (Å²) in [6, 6.07) is 7.90. The molecule has 12 heteroatoms. The second-order valence-corrected chi connectivity index (χ2v) is 9.00. The van der Waals surface area contributed by atoms with E-state index < -0.39 is 5.91 Å². The maximum Gasteiger partial charge on any atom is 0.281 e. The van der Waals surface area contributed by atoms with Gasteiger partial charge < -0.3 is 9.64 Å². The van der Waals surface area contributed by atoms with Gasteiger partial charge in [-0.2, -0.15) is 5.10 Å². The fourth-order valence-corrected chi connectivity index (χ4v) is 4.63. The van der Waals surface area contributed by atoms with E-state index in [4.69, 9.17) is 17.0 Å². The topological polar surface area (TPSA) is 117 Å². The summed E-state index contributed by atoms with van der Waals surface area (Å²) in [4.78, 5) is 32.0. The first-order valence-electron chi connectivity index (χ1n) is 10.5. The van der Waals surface area contributed by atoms with Crippen molar-refractivity contribution in [1.29, 1.82) is 0 Å². The molecule has 0 unspecified atom stereocenters. The summed E-state index contributed by atoms with van der Waals surface area (Å²) in [6.07, 6.45) is 0.119. The molecule has 174 valence electrons. The van der Waals surface area contributed by atoms with Gasteiger partial charge in [-0.25, -0.2) is 4.98 Å². The number of thiazole rings is 1. The number of anilines is 1. The van der Waals surface area contributed by atoms with Gasteiger partial charge in [0.15, 0.2) is 15.7 Å². The van der Waals surface area contributed by atoms with Gasteiger partial charge >= 0.3 is 0 Å². The molecule has 1 aliphatic rings. The van der Waals surface area contributed by atoms with Crippen LogP contribution in [-0.4, -0.2) is 57.9 Å². The number of nitrogens with zero attached hydrogens (tertiary/aromatic N) is 4. The Hall–Kier alpha value is -3.09. The van der Waals surface area contributed by atoms with Crippen molar-refractivity contribution in [2.45, 2.75) is 26.8 Å². The minimum atomic E-state index is -0.391. The van der Waals surface area contributed by atoms with Crippen LogP contribution in [0.25, 0.3) is 11.4 Å². The lowest BCUT2D eigenvalue weighted by atomic mass is 10.1. The lowest BCUT2D eigenvalue weighted by molar-refractivity contribution is -0.122. The van der Waals surface area contributed by atoms with Crippen LogP contribution in [0.4, 0.5) is 5.13 Å². The minimum absolute atomic E-state index is 0.119. The lowest BCUT2D eigenvalue weighted by Gasteiger charge is -2.25. The van der Waals surface area contributed by atoms with Gasteiger partial charge in [0.1, 0.15) is 4.88 Å². The van der Waals surface area contributed by atoms with Crippen LogP contribution in [0.1, 0.15) is 27.3 Å². The summed E-state index contributed by atoms with van der Waals surface area (Å²) in [6.45, 7) is 6.88. The van der Waals surface area contributed by atoms with Crippen LogP contribution in [0.2, 0.25) is 0 Å². The van der Waals surface area contributed by atoms with E-state index in [0.29, 0.717) is 40.9 Å². The number of H-pyrrole nitrogens is 1. The summed E-state index contributed by atoms with van der Waals surface area (Å²) in [5.74, 6) is -0.0669. The molecule has 0 aliphatic carbocycles.